The Bertz CT molecular complexity index is 259. The van der Waals surface area contributed by atoms with Crippen molar-refractivity contribution in [2.24, 2.45) is 5.92 Å². The first-order chi connectivity index (χ1) is 9.10. The number of hydrogen-bond acceptors (Lipinski definition) is 4. The summed E-state index contributed by atoms with van der Waals surface area (Å²) in [5.41, 5.74) is 0. The lowest BCUT2D eigenvalue weighted by atomic mass is 10.0. The maximum atomic E-state index is 12.2. The van der Waals surface area contributed by atoms with E-state index in [1.165, 1.54) is 0 Å². The second kappa shape index (κ2) is 8.51. The van der Waals surface area contributed by atoms with E-state index < -0.39 is 0 Å². The zero-order valence-electron chi connectivity index (χ0n) is 12.6. The molecule has 1 aliphatic rings. The predicted molar refractivity (Wildman–Crippen MR) is 74.8 cm³/mol. The highest BCUT2D eigenvalue weighted by molar-refractivity contribution is 5.82. The van der Waals surface area contributed by atoms with Crippen LogP contribution in [0.15, 0.2) is 0 Å². The van der Waals surface area contributed by atoms with Crippen molar-refractivity contribution in [2.45, 2.75) is 58.9 Å². The molecule has 0 aromatic heterocycles. The summed E-state index contributed by atoms with van der Waals surface area (Å²) in [6, 6.07) is -0.181. The molecule has 1 aliphatic heterocycles. The molecule has 2 N–H and O–H groups in total. The largest absolute Gasteiger partial charge is 0.351 e. The van der Waals surface area contributed by atoms with Crippen LogP contribution in [0, 0.1) is 5.92 Å². The molecule has 0 spiro atoms. The van der Waals surface area contributed by atoms with Gasteiger partial charge in [-0.3, -0.25) is 4.79 Å². The quantitative estimate of drug-likeness (QED) is 0.654. The number of nitrogens with one attached hydrogen (secondary N) is 2. The predicted octanol–water partition coefficient (Wildman–Crippen LogP) is 1.28. The molecule has 0 aromatic rings. The topological polar surface area (TPSA) is 59.6 Å². The monoisotopic (exact) mass is 272 g/mol. The lowest BCUT2D eigenvalue weighted by Gasteiger charge is -2.31. The molecule has 1 fully saturated rings. The molecular formula is C14H28N2O3. The zero-order valence-corrected chi connectivity index (χ0v) is 12.6. The van der Waals surface area contributed by atoms with Crippen molar-refractivity contribution in [3.63, 3.8) is 0 Å². The number of rotatable bonds is 8. The highest BCUT2D eigenvalue weighted by Gasteiger charge is 2.30. The van der Waals surface area contributed by atoms with Crippen molar-refractivity contribution in [2.75, 3.05) is 19.8 Å². The van der Waals surface area contributed by atoms with Crippen LogP contribution in [0.2, 0.25) is 0 Å². The second-order valence-corrected chi connectivity index (χ2v) is 5.21. The average molecular weight is 272 g/mol. The molecule has 2 atom stereocenters. The molecule has 0 saturated carbocycles. The number of hydrogen-bond donors (Lipinski definition) is 2. The number of ether oxygens (including phenoxy) is 2. The van der Waals surface area contributed by atoms with Gasteiger partial charge in [-0.25, -0.2) is 0 Å². The summed E-state index contributed by atoms with van der Waals surface area (Å²) >= 11 is 0. The summed E-state index contributed by atoms with van der Waals surface area (Å²) < 4.78 is 11.2. The van der Waals surface area contributed by atoms with Gasteiger partial charge in [0.05, 0.1) is 12.1 Å². The van der Waals surface area contributed by atoms with Crippen LogP contribution in [0.3, 0.4) is 0 Å². The van der Waals surface area contributed by atoms with Crippen LogP contribution in [-0.2, 0) is 14.3 Å². The van der Waals surface area contributed by atoms with Crippen LogP contribution < -0.4 is 10.6 Å². The van der Waals surface area contributed by atoms with Gasteiger partial charge in [-0.05, 0) is 39.2 Å². The summed E-state index contributed by atoms with van der Waals surface area (Å²) in [5.74, 6) is 0.314. The SMILES string of the molecule is CCOC(OCC)[C@@H](NC(=O)[C@@H]1CCCN1)C(C)C. The number of amides is 1. The Hall–Kier alpha value is -0.650. The maximum Gasteiger partial charge on any atom is 0.237 e. The molecule has 0 aromatic carbocycles. The Kier molecular flexibility index (Phi) is 7.34. The fraction of sp³-hybridized carbons (Fsp3) is 0.929. The molecule has 1 saturated heterocycles. The van der Waals surface area contributed by atoms with E-state index in [0.29, 0.717) is 13.2 Å². The van der Waals surface area contributed by atoms with E-state index in [9.17, 15) is 4.79 Å². The Morgan fingerprint density at radius 3 is 2.37 bits per heavy atom. The van der Waals surface area contributed by atoms with E-state index in [4.69, 9.17) is 9.47 Å². The minimum atomic E-state index is -0.375. The average Bonchev–Trinajstić information content (AvgIpc) is 2.89. The molecule has 19 heavy (non-hydrogen) atoms. The normalized spacial score (nSPS) is 21.1. The molecule has 5 heteroatoms. The third kappa shape index (κ3) is 5.09. The molecule has 0 bridgehead atoms. The third-order valence-electron chi connectivity index (χ3n) is 3.36. The minimum absolute atomic E-state index is 0.0561. The first-order valence-corrected chi connectivity index (χ1v) is 7.37. The molecule has 112 valence electrons. The molecule has 1 amide bonds. The standard InChI is InChI=1S/C14H28N2O3/c1-5-18-14(19-6-2)12(10(3)4)16-13(17)11-8-7-9-15-11/h10-12,14-15H,5-9H2,1-4H3,(H,16,17)/t11-,12-/m0/s1. The summed E-state index contributed by atoms with van der Waals surface area (Å²) in [6.07, 6.45) is 1.59. The van der Waals surface area contributed by atoms with E-state index >= 15 is 0 Å². The minimum Gasteiger partial charge on any atom is -0.351 e. The number of carbonyl (C=O) groups excluding carboxylic acids is 1. The van der Waals surface area contributed by atoms with Crippen LogP contribution in [0.4, 0.5) is 0 Å². The van der Waals surface area contributed by atoms with Gasteiger partial charge in [0.25, 0.3) is 0 Å². The van der Waals surface area contributed by atoms with Crippen molar-refractivity contribution in [3.8, 4) is 0 Å². The van der Waals surface area contributed by atoms with E-state index in [2.05, 4.69) is 24.5 Å². The van der Waals surface area contributed by atoms with Gasteiger partial charge in [-0.15, -0.1) is 0 Å². The van der Waals surface area contributed by atoms with E-state index in [0.717, 1.165) is 19.4 Å². The van der Waals surface area contributed by atoms with Crippen molar-refractivity contribution in [1.29, 1.82) is 0 Å². The molecule has 1 rings (SSSR count). The lowest BCUT2D eigenvalue weighted by Crippen LogP contribution is -2.53. The molecule has 0 radical (unpaired) electrons. The van der Waals surface area contributed by atoms with E-state index in [1.807, 2.05) is 13.8 Å². The van der Waals surface area contributed by atoms with Gasteiger partial charge in [0, 0.05) is 13.2 Å². The van der Waals surface area contributed by atoms with Gasteiger partial charge in [-0.1, -0.05) is 13.8 Å². The Balaban J connectivity index is 2.61. The van der Waals surface area contributed by atoms with Crippen molar-refractivity contribution >= 4 is 5.91 Å². The van der Waals surface area contributed by atoms with Gasteiger partial charge in [0.2, 0.25) is 5.91 Å². The zero-order chi connectivity index (χ0) is 14.3. The van der Waals surface area contributed by atoms with Gasteiger partial charge >= 0.3 is 0 Å². The van der Waals surface area contributed by atoms with Crippen molar-refractivity contribution in [1.82, 2.24) is 10.6 Å². The molecule has 1 heterocycles. The second-order valence-electron chi connectivity index (χ2n) is 5.21. The lowest BCUT2D eigenvalue weighted by molar-refractivity contribution is -0.164. The van der Waals surface area contributed by atoms with E-state index in [-0.39, 0.29) is 30.2 Å². The molecule has 0 aliphatic carbocycles. The Morgan fingerprint density at radius 2 is 1.95 bits per heavy atom. The highest BCUT2D eigenvalue weighted by atomic mass is 16.7. The van der Waals surface area contributed by atoms with Crippen LogP contribution in [0.1, 0.15) is 40.5 Å². The first-order valence-electron chi connectivity index (χ1n) is 7.37. The van der Waals surface area contributed by atoms with Gasteiger partial charge < -0.3 is 20.1 Å². The van der Waals surface area contributed by atoms with Gasteiger partial charge in [-0.2, -0.15) is 0 Å². The van der Waals surface area contributed by atoms with Crippen molar-refractivity contribution in [3.05, 3.63) is 0 Å². The van der Waals surface area contributed by atoms with Gasteiger partial charge in [0.15, 0.2) is 6.29 Å². The fourth-order valence-electron chi connectivity index (χ4n) is 2.31. The summed E-state index contributed by atoms with van der Waals surface area (Å²) in [4.78, 5) is 12.2. The van der Waals surface area contributed by atoms with Gasteiger partial charge in [0.1, 0.15) is 0 Å². The fourth-order valence-corrected chi connectivity index (χ4v) is 2.31. The highest BCUT2D eigenvalue weighted by Crippen LogP contribution is 2.13. The van der Waals surface area contributed by atoms with Crippen LogP contribution >= 0.6 is 0 Å². The summed E-state index contributed by atoms with van der Waals surface area (Å²) in [6.45, 7) is 10.1. The Morgan fingerprint density at radius 1 is 1.32 bits per heavy atom. The molecule has 5 nitrogen and oxygen atoms in total. The van der Waals surface area contributed by atoms with Crippen LogP contribution in [0.5, 0.6) is 0 Å². The molecule has 0 unspecified atom stereocenters. The summed E-state index contributed by atoms with van der Waals surface area (Å²) in [7, 11) is 0. The maximum absolute atomic E-state index is 12.2. The summed E-state index contributed by atoms with van der Waals surface area (Å²) in [5, 5.41) is 6.29. The first kappa shape index (κ1) is 16.4. The van der Waals surface area contributed by atoms with Crippen LogP contribution in [-0.4, -0.2) is 44.0 Å². The van der Waals surface area contributed by atoms with Crippen LogP contribution in [0.25, 0.3) is 0 Å². The van der Waals surface area contributed by atoms with Crippen molar-refractivity contribution < 1.29 is 14.3 Å². The third-order valence-corrected chi connectivity index (χ3v) is 3.36. The Labute approximate surface area is 116 Å². The molecular weight excluding hydrogens is 244 g/mol. The smallest absolute Gasteiger partial charge is 0.237 e. The number of carbonyl (C=O) groups is 1. The van der Waals surface area contributed by atoms with E-state index in [1.54, 1.807) is 0 Å².